The number of piperidine rings is 1. The minimum Gasteiger partial charge on any atom is -0.341 e. The Labute approximate surface area is 209 Å². The minimum atomic E-state index is -0.508. The number of fused-ring (bicyclic) bond motifs is 1. The molecule has 0 bridgehead atoms. The first kappa shape index (κ1) is 21.2. The summed E-state index contributed by atoms with van der Waals surface area (Å²) >= 11 is 1.34. The molecule has 4 aliphatic heterocycles. The Hall–Kier alpha value is -4.12. The number of para-hydroxylation sites is 1. The van der Waals surface area contributed by atoms with Crippen LogP contribution in [0.2, 0.25) is 0 Å². The second kappa shape index (κ2) is 7.95. The molecule has 6 heterocycles. The lowest BCUT2D eigenvalue weighted by Crippen LogP contribution is -2.47. The second-order valence-corrected chi connectivity index (χ2v) is 10.0. The lowest BCUT2D eigenvalue weighted by molar-refractivity contribution is -0.133. The van der Waals surface area contributed by atoms with Crippen LogP contribution < -0.4 is 10.2 Å². The van der Waals surface area contributed by atoms with Crippen LogP contribution in [0.3, 0.4) is 0 Å². The molecule has 7 rings (SSSR count). The monoisotopic (exact) mass is 499 g/mol. The van der Waals surface area contributed by atoms with Crippen LogP contribution in [0.1, 0.15) is 36.1 Å². The zero-order valence-electron chi connectivity index (χ0n) is 19.2. The topological polar surface area (TPSA) is 112 Å². The van der Waals surface area contributed by atoms with Gasteiger partial charge in [0.1, 0.15) is 12.4 Å². The van der Waals surface area contributed by atoms with Gasteiger partial charge in [-0.3, -0.25) is 24.7 Å². The Morgan fingerprint density at radius 2 is 1.92 bits per heavy atom. The number of rotatable bonds is 3. The summed E-state index contributed by atoms with van der Waals surface area (Å²) in [7, 11) is 0. The number of benzene rings is 1. The molecule has 2 aromatic heterocycles. The number of aliphatic imine (C=N–C) groups is 1. The van der Waals surface area contributed by atoms with Crippen LogP contribution in [0.15, 0.2) is 52.9 Å². The van der Waals surface area contributed by atoms with Gasteiger partial charge in [-0.25, -0.2) is 9.50 Å². The molecule has 1 saturated heterocycles. The third-order valence-corrected chi connectivity index (χ3v) is 8.04. The molecule has 4 aliphatic rings. The summed E-state index contributed by atoms with van der Waals surface area (Å²) < 4.78 is 1.56. The largest absolute Gasteiger partial charge is 0.341 e. The summed E-state index contributed by atoms with van der Waals surface area (Å²) in [5.41, 5.74) is 3.89. The second-order valence-electron chi connectivity index (χ2n) is 9.21. The molecule has 3 amide bonds. The van der Waals surface area contributed by atoms with Gasteiger partial charge in [0.15, 0.2) is 0 Å². The number of carbonyl (C=O) groups excluding carboxylic acids is 3. The maximum atomic E-state index is 13.5. The first-order valence-corrected chi connectivity index (χ1v) is 12.8. The third kappa shape index (κ3) is 3.02. The molecule has 11 heteroatoms. The molecule has 1 N–H and O–H groups in total. The van der Waals surface area contributed by atoms with Gasteiger partial charge in [0.05, 0.1) is 28.2 Å². The van der Waals surface area contributed by atoms with E-state index in [1.54, 1.807) is 16.1 Å². The highest BCUT2D eigenvalue weighted by Gasteiger charge is 2.42. The first-order valence-electron chi connectivity index (χ1n) is 11.9. The molecule has 0 radical (unpaired) electrons. The number of carbonyl (C=O) groups is 3. The highest BCUT2D eigenvalue weighted by Crippen LogP contribution is 2.40. The SMILES string of the molecule is O=C1NC(=O)C(c2csc3ncnn23)=C1C1=NC=CN2c3c(cccc31)CC2C(=O)N1CCCCC1. The number of hydrogen-bond acceptors (Lipinski definition) is 8. The molecule has 1 unspecified atom stereocenters. The predicted molar refractivity (Wildman–Crippen MR) is 133 cm³/mol. The van der Waals surface area contributed by atoms with E-state index >= 15 is 0 Å². The Morgan fingerprint density at radius 1 is 1.08 bits per heavy atom. The number of imide groups is 1. The van der Waals surface area contributed by atoms with E-state index in [-0.39, 0.29) is 23.1 Å². The van der Waals surface area contributed by atoms with Gasteiger partial charge >= 0.3 is 0 Å². The van der Waals surface area contributed by atoms with Gasteiger partial charge < -0.3 is 9.80 Å². The molecule has 0 aliphatic carbocycles. The van der Waals surface area contributed by atoms with Gasteiger partial charge in [0.25, 0.3) is 11.8 Å². The van der Waals surface area contributed by atoms with Crippen molar-refractivity contribution < 1.29 is 14.4 Å². The van der Waals surface area contributed by atoms with Gasteiger partial charge in [-0.2, -0.15) is 5.10 Å². The first-order chi connectivity index (χ1) is 17.6. The molecule has 0 saturated carbocycles. The summed E-state index contributed by atoms with van der Waals surface area (Å²) in [6.07, 6.45) is 8.63. The standard InChI is InChI=1S/C25H21N7O3S/c33-22-18(17-12-36-25-27-13-28-32(17)25)19(23(34)29-22)20-15-6-4-5-14-11-16(31(21(14)15)10-7-26-20)24(35)30-8-2-1-3-9-30/h4-7,10,12-13,16H,1-3,8-9,11H2,(H,29,33,34). The summed E-state index contributed by atoms with van der Waals surface area (Å²) in [5.74, 6) is -0.888. The Morgan fingerprint density at radius 3 is 2.78 bits per heavy atom. The number of likely N-dealkylation sites (tertiary alicyclic amines) is 1. The van der Waals surface area contributed by atoms with Crippen molar-refractivity contribution in [3.8, 4) is 0 Å². The molecule has 1 fully saturated rings. The molecular formula is C25H21N7O3S. The van der Waals surface area contributed by atoms with Crippen LogP contribution in [0, 0.1) is 0 Å². The van der Waals surface area contributed by atoms with Gasteiger partial charge in [-0.05, 0) is 24.8 Å². The van der Waals surface area contributed by atoms with Crippen LogP contribution in [0.4, 0.5) is 5.69 Å². The predicted octanol–water partition coefficient (Wildman–Crippen LogP) is 1.92. The lowest BCUT2D eigenvalue weighted by Gasteiger charge is -2.32. The average Bonchev–Trinajstić information content (AvgIpc) is 3.62. The minimum absolute atomic E-state index is 0.116. The van der Waals surface area contributed by atoms with E-state index in [0.717, 1.165) is 43.6 Å². The smallest absolute Gasteiger partial charge is 0.261 e. The molecule has 36 heavy (non-hydrogen) atoms. The van der Waals surface area contributed by atoms with Gasteiger partial charge in [-0.1, -0.05) is 18.2 Å². The Kier molecular flexibility index (Phi) is 4.68. The summed E-state index contributed by atoms with van der Waals surface area (Å²) in [6.45, 7) is 1.57. The molecule has 3 aromatic rings. The van der Waals surface area contributed by atoms with E-state index in [2.05, 4.69) is 20.4 Å². The van der Waals surface area contributed by atoms with E-state index in [0.29, 0.717) is 28.4 Å². The van der Waals surface area contributed by atoms with E-state index in [1.807, 2.05) is 34.2 Å². The van der Waals surface area contributed by atoms with Crippen molar-refractivity contribution >= 4 is 51.0 Å². The van der Waals surface area contributed by atoms with E-state index in [4.69, 9.17) is 0 Å². The van der Waals surface area contributed by atoms with Gasteiger partial charge in [0, 0.05) is 42.9 Å². The van der Waals surface area contributed by atoms with Crippen molar-refractivity contribution in [1.82, 2.24) is 24.8 Å². The van der Waals surface area contributed by atoms with Crippen molar-refractivity contribution in [2.24, 2.45) is 4.99 Å². The number of thiazole rings is 1. The van der Waals surface area contributed by atoms with Gasteiger partial charge in [-0.15, -0.1) is 11.3 Å². The molecular weight excluding hydrogens is 478 g/mol. The number of nitrogens with zero attached hydrogens (tertiary/aromatic N) is 6. The molecule has 1 atom stereocenters. The normalized spacial score (nSPS) is 21.2. The van der Waals surface area contributed by atoms with Crippen molar-refractivity contribution in [3.05, 3.63) is 64.7 Å². The number of anilines is 1. The van der Waals surface area contributed by atoms with E-state index in [9.17, 15) is 14.4 Å². The van der Waals surface area contributed by atoms with Crippen molar-refractivity contribution in [3.63, 3.8) is 0 Å². The lowest BCUT2D eigenvalue weighted by atomic mass is 9.94. The average molecular weight is 500 g/mol. The number of amides is 3. The quantitative estimate of drug-likeness (QED) is 0.551. The van der Waals surface area contributed by atoms with E-state index < -0.39 is 11.8 Å². The van der Waals surface area contributed by atoms with Crippen LogP contribution in [-0.4, -0.2) is 62.1 Å². The molecule has 0 spiro atoms. The van der Waals surface area contributed by atoms with Crippen molar-refractivity contribution in [2.45, 2.75) is 31.7 Å². The van der Waals surface area contributed by atoms with Gasteiger partial charge in [0.2, 0.25) is 10.9 Å². The zero-order valence-corrected chi connectivity index (χ0v) is 20.0. The fourth-order valence-corrected chi connectivity index (χ4v) is 6.39. The highest BCUT2D eigenvalue weighted by atomic mass is 32.1. The number of nitrogens with one attached hydrogen (secondary N) is 1. The van der Waals surface area contributed by atoms with Crippen LogP contribution in [0.25, 0.3) is 10.5 Å². The highest BCUT2D eigenvalue weighted by molar-refractivity contribution is 7.15. The fourth-order valence-electron chi connectivity index (χ4n) is 5.60. The Balaban J connectivity index is 1.35. The zero-order chi connectivity index (χ0) is 24.4. The molecule has 10 nitrogen and oxygen atoms in total. The summed E-state index contributed by atoms with van der Waals surface area (Å²) in [4.78, 5) is 53.0. The van der Waals surface area contributed by atoms with Crippen molar-refractivity contribution in [1.29, 1.82) is 0 Å². The number of hydrogen-bond donors (Lipinski definition) is 1. The fraction of sp³-hybridized carbons (Fsp3) is 0.280. The van der Waals surface area contributed by atoms with Crippen LogP contribution in [0.5, 0.6) is 0 Å². The Bertz CT molecular complexity index is 1560. The maximum Gasteiger partial charge on any atom is 0.261 e. The number of aromatic nitrogens is 3. The molecule has 1 aromatic carbocycles. The summed E-state index contributed by atoms with van der Waals surface area (Å²) in [6, 6.07) is 5.46. The van der Waals surface area contributed by atoms with Crippen molar-refractivity contribution in [2.75, 3.05) is 18.0 Å². The van der Waals surface area contributed by atoms with Crippen LogP contribution >= 0.6 is 11.3 Å². The van der Waals surface area contributed by atoms with E-state index in [1.165, 1.54) is 17.7 Å². The maximum absolute atomic E-state index is 13.5. The third-order valence-electron chi connectivity index (χ3n) is 7.21. The molecule has 180 valence electrons. The van der Waals surface area contributed by atoms with Crippen LogP contribution in [-0.2, 0) is 20.8 Å². The summed E-state index contributed by atoms with van der Waals surface area (Å²) in [5, 5.41) is 8.42.